The van der Waals surface area contributed by atoms with E-state index in [9.17, 15) is 0 Å². The number of nitriles is 1. The molecule has 14 heavy (non-hydrogen) atoms. The van der Waals surface area contributed by atoms with Gasteiger partial charge in [0.05, 0.1) is 11.6 Å². The summed E-state index contributed by atoms with van der Waals surface area (Å²) in [5.74, 6) is 0. The Morgan fingerprint density at radius 3 is 3.07 bits per heavy atom. The van der Waals surface area contributed by atoms with Crippen molar-refractivity contribution in [3.05, 3.63) is 35.0 Å². The van der Waals surface area contributed by atoms with Crippen molar-refractivity contribution in [1.82, 2.24) is 4.98 Å². The standard InChI is InChI=1S/C12H10N2/c13-7-8-4-5-12-10(6-8)9-2-1-3-11(9)14-12/h4-6,14H,1-3H2. The van der Waals surface area contributed by atoms with Gasteiger partial charge in [0.25, 0.3) is 0 Å². The quantitative estimate of drug-likeness (QED) is 0.668. The Balaban J connectivity index is 2.36. The second kappa shape index (κ2) is 2.62. The van der Waals surface area contributed by atoms with Crippen LogP contribution in [0, 0.1) is 11.3 Å². The van der Waals surface area contributed by atoms with Crippen LogP contribution in [0.2, 0.25) is 0 Å². The molecule has 1 aromatic heterocycles. The lowest BCUT2D eigenvalue weighted by Crippen LogP contribution is -1.78. The van der Waals surface area contributed by atoms with Crippen LogP contribution < -0.4 is 0 Å². The van der Waals surface area contributed by atoms with Gasteiger partial charge in [-0.05, 0) is 43.0 Å². The van der Waals surface area contributed by atoms with Gasteiger partial charge in [-0.25, -0.2) is 0 Å². The second-order valence-corrected chi connectivity index (χ2v) is 3.81. The van der Waals surface area contributed by atoms with E-state index in [1.165, 1.54) is 28.6 Å². The van der Waals surface area contributed by atoms with E-state index in [4.69, 9.17) is 5.26 Å². The summed E-state index contributed by atoms with van der Waals surface area (Å²) in [6.07, 6.45) is 3.56. The lowest BCUT2D eigenvalue weighted by atomic mass is 10.1. The summed E-state index contributed by atoms with van der Waals surface area (Å²) in [4.78, 5) is 3.42. The normalized spacial score (nSPS) is 14.2. The fraction of sp³-hybridized carbons (Fsp3) is 0.250. The third kappa shape index (κ3) is 0.898. The maximum Gasteiger partial charge on any atom is 0.0991 e. The number of aromatic nitrogens is 1. The van der Waals surface area contributed by atoms with Crippen molar-refractivity contribution < 1.29 is 0 Å². The first-order valence-electron chi connectivity index (χ1n) is 4.92. The van der Waals surface area contributed by atoms with Gasteiger partial charge in [-0.2, -0.15) is 5.26 Å². The molecule has 0 radical (unpaired) electrons. The van der Waals surface area contributed by atoms with Gasteiger partial charge >= 0.3 is 0 Å². The zero-order valence-corrected chi connectivity index (χ0v) is 7.80. The number of hydrogen-bond acceptors (Lipinski definition) is 1. The van der Waals surface area contributed by atoms with Gasteiger partial charge in [0, 0.05) is 16.6 Å². The maximum atomic E-state index is 8.82. The number of rotatable bonds is 0. The minimum atomic E-state index is 0.756. The SMILES string of the molecule is N#Cc1ccc2[nH]c3c(c2c1)CCC3. The molecule has 1 aliphatic rings. The van der Waals surface area contributed by atoms with Gasteiger partial charge in [-0.1, -0.05) is 0 Å². The fourth-order valence-electron chi connectivity index (χ4n) is 2.31. The highest BCUT2D eigenvalue weighted by Gasteiger charge is 2.16. The predicted molar refractivity (Wildman–Crippen MR) is 55.0 cm³/mol. The summed E-state index contributed by atoms with van der Waals surface area (Å²) in [5.41, 5.74) is 4.73. The molecule has 2 nitrogen and oxygen atoms in total. The van der Waals surface area contributed by atoms with Crippen LogP contribution in [0.15, 0.2) is 18.2 Å². The van der Waals surface area contributed by atoms with Gasteiger partial charge in [-0.15, -0.1) is 0 Å². The third-order valence-corrected chi connectivity index (χ3v) is 2.98. The Kier molecular flexibility index (Phi) is 1.43. The lowest BCUT2D eigenvalue weighted by Gasteiger charge is -1.93. The number of H-pyrrole nitrogens is 1. The average Bonchev–Trinajstić information content (AvgIpc) is 2.76. The van der Waals surface area contributed by atoms with Gasteiger partial charge in [0.1, 0.15) is 0 Å². The number of nitrogens with zero attached hydrogens (tertiary/aromatic N) is 1. The van der Waals surface area contributed by atoms with Crippen molar-refractivity contribution >= 4 is 10.9 Å². The smallest absolute Gasteiger partial charge is 0.0991 e. The van der Waals surface area contributed by atoms with Crippen LogP contribution in [0.25, 0.3) is 10.9 Å². The Bertz CT molecular complexity index is 543. The number of hydrogen-bond donors (Lipinski definition) is 1. The molecule has 1 aliphatic carbocycles. The lowest BCUT2D eigenvalue weighted by molar-refractivity contribution is 0.899. The largest absolute Gasteiger partial charge is 0.358 e. The maximum absolute atomic E-state index is 8.82. The fourth-order valence-corrected chi connectivity index (χ4v) is 2.31. The Morgan fingerprint density at radius 1 is 1.29 bits per heavy atom. The first kappa shape index (κ1) is 7.64. The summed E-state index contributed by atoms with van der Waals surface area (Å²) >= 11 is 0. The zero-order chi connectivity index (χ0) is 9.54. The van der Waals surface area contributed by atoms with Gasteiger partial charge in [-0.3, -0.25) is 0 Å². The van der Waals surface area contributed by atoms with Crippen LogP contribution in [-0.4, -0.2) is 4.98 Å². The van der Waals surface area contributed by atoms with Crippen LogP contribution in [0.4, 0.5) is 0 Å². The van der Waals surface area contributed by atoms with E-state index < -0.39 is 0 Å². The summed E-state index contributed by atoms with van der Waals surface area (Å²) in [6.45, 7) is 0. The van der Waals surface area contributed by atoms with Crippen LogP contribution in [-0.2, 0) is 12.8 Å². The van der Waals surface area contributed by atoms with Crippen molar-refractivity contribution in [3.63, 3.8) is 0 Å². The Hall–Kier alpha value is -1.75. The molecular weight excluding hydrogens is 172 g/mol. The Labute approximate surface area is 82.2 Å². The monoisotopic (exact) mass is 182 g/mol. The second-order valence-electron chi connectivity index (χ2n) is 3.81. The Morgan fingerprint density at radius 2 is 2.21 bits per heavy atom. The minimum absolute atomic E-state index is 0.756. The van der Waals surface area contributed by atoms with Crippen molar-refractivity contribution in [1.29, 1.82) is 5.26 Å². The molecule has 0 unspecified atom stereocenters. The third-order valence-electron chi connectivity index (χ3n) is 2.98. The molecule has 1 heterocycles. The molecule has 0 amide bonds. The molecule has 68 valence electrons. The molecule has 0 saturated carbocycles. The molecule has 1 aromatic carbocycles. The van der Waals surface area contributed by atoms with Gasteiger partial charge in [0.2, 0.25) is 0 Å². The molecular formula is C12H10N2. The molecule has 0 spiro atoms. The van der Waals surface area contributed by atoms with Gasteiger partial charge < -0.3 is 4.98 Å². The summed E-state index contributed by atoms with van der Waals surface area (Å²) in [5, 5.41) is 10.1. The molecule has 0 atom stereocenters. The average molecular weight is 182 g/mol. The molecule has 0 aliphatic heterocycles. The number of aryl methyl sites for hydroxylation is 2. The highest BCUT2D eigenvalue weighted by atomic mass is 14.7. The number of benzene rings is 1. The van der Waals surface area contributed by atoms with Crippen molar-refractivity contribution in [2.75, 3.05) is 0 Å². The van der Waals surface area contributed by atoms with Gasteiger partial charge in [0.15, 0.2) is 0 Å². The molecule has 1 N–H and O–H groups in total. The molecule has 2 heteroatoms. The van der Waals surface area contributed by atoms with E-state index >= 15 is 0 Å². The number of aromatic amines is 1. The number of nitrogens with one attached hydrogen (secondary N) is 1. The van der Waals surface area contributed by atoms with E-state index in [-0.39, 0.29) is 0 Å². The topological polar surface area (TPSA) is 39.6 Å². The summed E-state index contributed by atoms with van der Waals surface area (Å²) in [7, 11) is 0. The molecule has 0 bridgehead atoms. The molecule has 0 fully saturated rings. The van der Waals surface area contributed by atoms with Crippen LogP contribution >= 0.6 is 0 Å². The molecule has 3 rings (SSSR count). The van der Waals surface area contributed by atoms with Crippen molar-refractivity contribution in [2.45, 2.75) is 19.3 Å². The predicted octanol–water partition coefficient (Wildman–Crippen LogP) is 2.53. The van der Waals surface area contributed by atoms with E-state index in [1.54, 1.807) is 0 Å². The highest BCUT2D eigenvalue weighted by Crippen LogP contribution is 2.30. The first-order chi connectivity index (χ1) is 6.88. The van der Waals surface area contributed by atoms with Crippen molar-refractivity contribution in [3.8, 4) is 6.07 Å². The highest BCUT2D eigenvalue weighted by molar-refractivity contribution is 5.86. The van der Waals surface area contributed by atoms with Crippen molar-refractivity contribution in [2.24, 2.45) is 0 Å². The van der Waals surface area contributed by atoms with E-state index in [0.717, 1.165) is 18.4 Å². The first-order valence-corrected chi connectivity index (χ1v) is 4.92. The van der Waals surface area contributed by atoms with E-state index in [2.05, 4.69) is 11.1 Å². The van der Waals surface area contributed by atoms with Crippen LogP contribution in [0.3, 0.4) is 0 Å². The number of fused-ring (bicyclic) bond motifs is 3. The molecule has 2 aromatic rings. The van der Waals surface area contributed by atoms with E-state index in [1.807, 2.05) is 18.2 Å². The molecule has 0 saturated heterocycles. The van der Waals surface area contributed by atoms with E-state index in [0.29, 0.717) is 0 Å². The summed E-state index contributed by atoms with van der Waals surface area (Å²) in [6, 6.07) is 8.06. The summed E-state index contributed by atoms with van der Waals surface area (Å²) < 4.78 is 0. The zero-order valence-electron chi connectivity index (χ0n) is 7.80. The minimum Gasteiger partial charge on any atom is -0.358 e. The van der Waals surface area contributed by atoms with Crippen LogP contribution in [0.5, 0.6) is 0 Å². The van der Waals surface area contributed by atoms with Crippen LogP contribution in [0.1, 0.15) is 23.2 Å².